The molecule has 0 unspecified atom stereocenters. The number of benzene rings is 2. The van der Waals surface area contributed by atoms with Crippen molar-refractivity contribution in [2.24, 2.45) is 0 Å². The molecule has 9 heteroatoms. The van der Waals surface area contributed by atoms with Gasteiger partial charge in [0.1, 0.15) is 23.6 Å². The number of pyridine rings is 1. The van der Waals surface area contributed by atoms with Crippen LogP contribution in [0.5, 0.6) is 11.5 Å². The number of methoxy groups -OCH3 is 1. The number of aromatic carboxylic acids is 2. The monoisotopic (exact) mass is 410 g/mol. The quantitative estimate of drug-likeness (QED) is 0.464. The van der Waals surface area contributed by atoms with Gasteiger partial charge < -0.3 is 30.4 Å². The maximum atomic E-state index is 12.3. The van der Waals surface area contributed by atoms with Gasteiger partial charge in [-0.05, 0) is 11.6 Å². The van der Waals surface area contributed by atoms with Crippen molar-refractivity contribution in [3.05, 3.63) is 75.6 Å². The Hall–Kier alpha value is -4.27. The lowest BCUT2D eigenvalue weighted by Crippen LogP contribution is -2.24. The number of carboxylic acid groups (broad SMARTS) is 2. The minimum Gasteiger partial charge on any atom is -0.493 e. The summed E-state index contributed by atoms with van der Waals surface area (Å²) >= 11 is 0. The molecule has 1 aromatic heterocycles. The molecule has 0 aliphatic heterocycles. The van der Waals surface area contributed by atoms with Gasteiger partial charge in [-0.3, -0.25) is 4.79 Å². The van der Waals surface area contributed by atoms with Gasteiger partial charge in [-0.1, -0.05) is 42.5 Å². The highest BCUT2D eigenvalue weighted by atomic mass is 16.5. The molecule has 0 amide bonds. The lowest BCUT2D eigenvalue weighted by molar-refractivity contribution is 0.0695. The molecule has 3 rings (SSSR count). The standard InChI is InChI=1S/C21H18N2O7/c1-29-13-9-5-8-12(17(13)30-10-11-6-3-2-4-7-11)14-15(20(25)26)18(22)23-19(24)16(14)21(27)28/h2-9H,10H2,1H3,(H,25,26)(H,27,28)(H3,22,23,24). The summed E-state index contributed by atoms with van der Waals surface area (Å²) in [5.74, 6) is -3.26. The Balaban J connectivity index is 2.29. The number of rotatable bonds is 7. The normalized spacial score (nSPS) is 10.4. The number of carbonyl (C=O) groups is 2. The van der Waals surface area contributed by atoms with Gasteiger partial charge in [-0.25, -0.2) is 9.59 Å². The first-order chi connectivity index (χ1) is 14.3. The van der Waals surface area contributed by atoms with Crippen molar-refractivity contribution in [1.82, 2.24) is 4.98 Å². The topological polar surface area (TPSA) is 152 Å². The van der Waals surface area contributed by atoms with Crippen LogP contribution in [0.25, 0.3) is 11.1 Å². The minimum absolute atomic E-state index is 0.0536. The Morgan fingerprint density at radius 3 is 2.27 bits per heavy atom. The molecule has 0 bridgehead atoms. The summed E-state index contributed by atoms with van der Waals surface area (Å²) in [7, 11) is 1.39. The van der Waals surface area contributed by atoms with Crippen LogP contribution in [0, 0.1) is 0 Å². The predicted molar refractivity (Wildman–Crippen MR) is 108 cm³/mol. The van der Waals surface area contributed by atoms with Gasteiger partial charge in [0.05, 0.1) is 7.11 Å². The van der Waals surface area contributed by atoms with Gasteiger partial charge in [-0.2, -0.15) is 0 Å². The van der Waals surface area contributed by atoms with Gasteiger partial charge >= 0.3 is 11.9 Å². The molecule has 0 spiro atoms. The van der Waals surface area contributed by atoms with Crippen LogP contribution in [0.4, 0.5) is 5.82 Å². The van der Waals surface area contributed by atoms with E-state index in [1.54, 1.807) is 6.07 Å². The van der Waals surface area contributed by atoms with E-state index in [4.69, 9.17) is 15.2 Å². The van der Waals surface area contributed by atoms with Gasteiger partial charge in [-0.15, -0.1) is 0 Å². The summed E-state index contributed by atoms with van der Waals surface area (Å²) in [5, 5.41) is 19.3. The molecule has 0 saturated heterocycles. The number of hydrogen-bond acceptors (Lipinski definition) is 6. The molecular formula is C21H18N2O7. The number of H-pyrrole nitrogens is 1. The minimum atomic E-state index is -1.61. The third-order valence-corrected chi connectivity index (χ3v) is 4.37. The van der Waals surface area contributed by atoms with Crippen molar-refractivity contribution in [3.63, 3.8) is 0 Å². The summed E-state index contributed by atoms with van der Waals surface area (Å²) < 4.78 is 11.2. The molecule has 9 nitrogen and oxygen atoms in total. The van der Waals surface area contributed by atoms with E-state index in [-0.39, 0.29) is 29.2 Å². The van der Waals surface area contributed by atoms with Crippen LogP contribution in [0.1, 0.15) is 26.3 Å². The zero-order chi connectivity index (χ0) is 21.8. The Morgan fingerprint density at radius 2 is 1.67 bits per heavy atom. The fourth-order valence-corrected chi connectivity index (χ4v) is 3.07. The molecular weight excluding hydrogens is 392 g/mol. The molecule has 2 aromatic carbocycles. The van der Waals surface area contributed by atoms with E-state index >= 15 is 0 Å². The number of carboxylic acids is 2. The van der Waals surface area contributed by atoms with E-state index in [1.807, 2.05) is 30.3 Å². The summed E-state index contributed by atoms with van der Waals surface area (Å²) in [6, 6.07) is 13.7. The number of ether oxygens (including phenoxy) is 2. The second-order valence-electron chi connectivity index (χ2n) is 6.21. The van der Waals surface area contributed by atoms with Crippen LogP contribution >= 0.6 is 0 Å². The molecule has 3 aromatic rings. The van der Waals surface area contributed by atoms with Gasteiger partial charge in [0, 0.05) is 11.1 Å². The molecule has 30 heavy (non-hydrogen) atoms. The molecule has 0 saturated carbocycles. The lowest BCUT2D eigenvalue weighted by atomic mass is 9.94. The smallest absolute Gasteiger partial charge is 0.342 e. The summed E-state index contributed by atoms with van der Waals surface area (Å²) in [6.45, 7) is 0.0949. The average molecular weight is 410 g/mol. The number of nitrogens with two attached hydrogens (primary N) is 1. The molecule has 1 heterocycles. The van der Waals surface area contributed by atoms with E-state index in [0.29, 0.717) is 0 Å². The van der Waals surface area contributed by atoms with Gasteiger partial charge in [0.2, 0.25) is 0 Å². The Bertz CT molecular complexity index is 1170. The van der Waals surface area contributed by atoms with Gasteiger partial charge in [0.25, 0.3) is 5.56 Å². The van der Waals surface area contributed by atoms with E-state index in [0.717, 1.165) is 5.56 Å². The highest BCUT2D eigenvalue weighted by Gasteiger charge is 2.29. The number of aromatic nitrogens is 1. The Kier molecular flexibility index (Phi) is 5.73. The maximum absolute atomic E-state index is 12.3. The van der Waals surface area contributed by atoms with Crippen molar-refractivity contribution in [1.29, 1.82) is 0 Å². The van der Waals surface area contributed by atoms with Crippen molar-refractivity contribution in [2.75, 3.05) is 12.8 Å². The van der Waals surface area contributed by atoms with Crippen LogP contribution < -0.4 is 20.8 Å². The molecule has 0 radical (unpaired) electrons. The number of anilines is 1. The van der Waals surface area contributed by atoms with Crippen molar-refractivity contribution in [3.8, 4) is 22.6 Å². The fraction of sp³-hybridized carbons (Fsp3) is 0.0952. The maximum Gasteiger partial charge on any atom is 0.342 e. The number of hydrogen-bond donors (Lipinski definition) is 4. The second kappa shape index (κ2) is 8.39. The zero-order valence-electron chi connectivity index (χ0n) is 15.8. The Morgan fingerprint density at radius 1 is 1.00 bits per heavy atom. The van der Waals surface area contributed by atoms with Crippen LogP contribution in [0.2, 0.25) is 0 Å². The highest BCUT2D eigenvalue weighted by molar-refractivity contribution is 6.08. The first-order valence-electron chi connectivity index (χ1n) is 8.71. The molecule has 0 aliphatic rings. The third-order valence-electron chi connectivity index (χ3n) is 4.37. The fourth-order valence-electron chi connectivity index (χ4n) is 3.07. The number of nitrogen functional groups attached to an aromatic ring is 1. The van der Waals surface area contributed by atoms with Crippen LogP contribution in [-0.4, -0.2) is 34.2 Å². The van der Waals surface area contributed by atoms with Crippen molar-refractivity contribution >= 4 is 17.8 Å². The molecule has 0 fully saturated rings. The Labute approximate surface area is 170 Å². The lowest BCUT2D eigenvalue weighted by Gasteiger charge is -2.18. The number of aromatic amines is 1. The number of nitrogens with one attached hydrogen (secondary N) is 1. The number of para-hydroxylation sites is 1. The van der Waals surface area contributed by atoms with E-state index in [2.05, 4.69) is 4.98 Å². The van der Waals surface area contributed by atoms with E-state index < -0.39 is 34.4 Å². The van der Waals surface area contributed by atoms with E-state index in [1.165, 1.54) is 19.2 Å². The first-order valence-corrected chi connectivity index (χ1v) is 8.71. The third kappa shape index (κ3) is 3.81. The van der Waals surface area contributed by atoms with Crippen molar-refractivity contribution < 1.29 is 29.3 Å². The molecule has 0 atom stereocenters. The summed E-state index contributed by atoms with van der Waals surface area (Å²) in [6.07, 6.45) is 0. The summed E-state index contributed by atoms with van der Waals surface area (Å²) in [5.41, 5.74) is 3.87. The molecule has 154 valence electrons. The molecule has 5 N–H and O–H groups in total. The van der Waals surface area contributed by atoms with Crippen LogP contribution in [0.3, 0.4) is 0 Å². The van der Waals surface area contributed by atoms with E-state index in [9.17, 15) is 24.6 Å². The summed E-state index contributed by atoms with van der Waals surface area (Å²) in [4.78, 5) is 38.1. The SMILES string of the molecule is COc1cccc(-c2c(C(=O)O)c(N)[nH]c(=O)c2C(=O)O)c1OCc1ccccc1. The van der Waals surface area contributed by atoms with Crippen LogP contribution in [0.15, 0.2) is 53.3 Å². The predicted octanol–water partition coefficient (Wildman–Crippen LogP) is 2.61. The second-order valence-corrected chi connectivity index (χ2v) is 6.21. The highest BCUT2D eigenvalue weighted by Crippen LogP contribution is 2.41. The average Bonchev–Trinajstić information content (AvgIpc) is 2.71. The molecule has 0 aliphatic carbocycles. The van der Waals surface area contributed by atoms with Crippen LogP contribution in [-0.2, 0) is 6.61 Å². The largest absolute Gasteiger partial charge is 0.493 e. The zero-order valence-corrected chi connectivity index (χ0v) is 15.8. The first kappa shape index (κ1) is 20.5. The van der Waals surface area contributed by atoms with Crippen molar-refractivity contribution in [2.45, 2.75) is 6.61 Å². The van der Waals surface area contributed by atoms with Gasteiger partial charge in [0.15, 0.2) is 11.5 Å².